The Morgan fingerprint density at radius 2 is 1.65 bits per heavy atom. The van der Waals surface area contributed by atoms with Crippen molar-refractivity contribution in [3.8, 4) is 0 Å². The van der Waals surface area contributed by atoms with E-state index in [-0.39, 0.29) is 18.1 Å². The third kappa shape index (κ3) is 3.70. The number of ketones is 1. The van der Waals surface area contributed by atoms with Gasteiger partial charge in [0.1, 0.15) is 5.78 Å². The molecule has 0 radical (unpaired) electrons. The smallest absolute Gasteiger partial charge is 0.231 e. The maximum absolute atomic E-state index is 11.6. The fourth-order valence-electron chi connectivity index (χ4n) is 1.81. The Hall–Kier alpha value is -1.64. The van der Waals surface area contributed by atoms with Gasteiger partial charge >= 0.3 is 0 Å². The van der Waals surface area contributed by atoms with Gasteiger partial charge in [0, 0.05) is 5.69 Å². The number of amides is 1. The van der Waals surface area contributed by atoms with Crippen molar-refractivity contribution in [2.75, 3.05) is 5.32 Å². The van der Waals surface area contributed by atoms with Crippen LogP contribution in [-0.4, -0.2) is 11.7 Å². The predicted molar refractivity (Wildman–Crippen MR) is 69.1 cm³/mol. The summed E-state index contributed by atoms with van der Waals surface area (Å²) in [4.78, 5) is 22.5. The highest BCUT2D eigenvalue weighted by molar-refractivity contribution is 6.04. The molecule has 1 amide bonds. The predicted octanol–water partition coefficient (Wildman–Crippen LogP) is 2.73. The molecular formula is C14H19NO2. The molecule has 1 rings (SSSR count). The lowest BCUT2D eigenvalue weighted by Gasteiger charge is -2.13. The van der Waals surface area contributed by atoms with Crippen LogP contribution < -0.4 is 5.32 Å². The highest BCUT2D eigenvalue weighted by Crippen LogP contribution is 2.22. The monoisotopic (exact) mass is 233 g/mol. The van der Waals surface area contributed by atoms with Gasteiger partial charge in [-0.3, -0.25) is 9.59 Å². The van der Waals surface area contributed by atoms with Crippen LogP contribution in [0.2, 0.25) is 0 Å². The van der Waals surface area contributed by atoms with Gasteiger partial charge in [-0.25, -0.2) is 0 Å². The van der Waals surface area contributed by atoms with E-state index in [1.54, 1.807) is 0 Å². The maximum atomic E-state index is 11.6. The van der Waals surface area contributed by atoms with Gasteiger partial charge in [0.05, 0.1) is 6.42 Å². The number of benzene rings is 1. The van der Waals surface area contributed by atoms with Gasteiger partial charge in [-0.05, 0) is 30.9 Å². The molecule has 1 aromatic carbocycles. The van der Waals surface area contributed by atoms with Crippen molar-refractivity contribution < 1.29 is 9.59 Å². The molecule has 0 aliphatic heterocycles. The van der Waals surface area contributed by atoms with Gasteiger partial charge in [-0.15, -0.1) is 0 Å². The number of hydrogen-bond donors (Lipinski definition) is 1. The molecule has 0 aliphatic carbocycles. The third-order valence-corrected chi connectivity index (χ3v) is 2.67. The molecule has 0 saturated heterocycles. The summed E-state index contributed by atoms with van der Waals surface area (Å²) in [6.07, 6.45) is 1.67. The summed E-state index contributed by atoms with van der Waals surface area (Å²) in [5, 5.41) is 2.85. The lowest BCUT2D eigenvalue weighted by atomic mass is 10.0. The Bertz CT molecular complexity index is 402. The summed E-state index contributed by atoms with van der Waals surface area (Å²) >= 11 is 0. The standard InChI is InChI=1S/C14H19NO2/c1-4-11-7-6-8-12(5-2)14(11)15-13(17)9-10(3)16/h6-8H,4-5,9H2,1-3H3,(H,15,17). The zero-order chi connectivity index (χ0) is 12.8. The number of rotatable bonds is 5. The summed E-state index contributed by atoms with van der Waals surface area (Å²) in [5.74, 6) is -0.345. The first-order valence-corrected chi connectivity index (χ1v) is 5.98. The third-order valence-electron chi connectivity index (χ3n) is 2.67. The molecule has 1 aromatic rings. The Balaban J connectivity index is 2.95. The summed E-state index contributed by atoms with van der Waals surface area (Å²) in [7, 11) is 0. The highest BCUT2D eigenvalue weighted by Gasteiger charge is 2.11. The number of carbonyl (C=O) groups excluding carboxylic acids is 2. The fourth-order valence-corrected chi connectivity index (χ4v) is 1.81. The van der Waals surface area contributed by atoms with Crippen LogP contribution in [0.25, 0.3) is 0 Å². The number of Topliss-reactive ketones (excluding diaryl/α,β-unsaturated/α-hetero) is 1. The summed E-state index contributed by atoms with van der Waals surface area (Å²) in [6, 6.07) is 6.00. The average molecular weight is 233 g/mol. The van der Waals surface area contributed by atoms with E-state index >= 15 is 0 Å². The molecule has 92 valence electrons. The van der Waals surface area contributed by atoms with Gasteiger partial charge in [0.25, 0.3) is 0 Å². The maximum Gasteiger partial charge on any atom is 0.231 e. The molecule has 3 heteroatoms. The van der Waals surface area contributed by atoms with Crippen molar-refractivity contribution in [1.29, 1.82) is 0 Å². The van der Waals surface area contributed by atoms with Crippen LogP contribution in [0.3, 0.4) is 0 Å². The summed E-state index contributed by atoms with van der Waals surface area (Å²) < 4.78 is 0. The lowest BCUT2D eigenvalue weighted by Crippen LogP contribution is -2.17. The van der Waals surface area contributed by atoms with Crippen LogP contribution in [-0.2, 0) is 22.4 Å². The second kappa shape index (κ2) is 6.18. The van der Waals surface area contributed by atoms with Crippen LogP contribution in [0.4, 0.5) is 5.69 Å². The molecule has 0 aliphatic rings. The molecule has 0 atom stereocenters. The minimum absolute atomic E-state index is 0.0544. The summed E-state index contributed by atoms with van der Waals surface area (Å²) in [5.41, 5.74) is 3.10. The van der Waals surface area contributed by atoms with E-state index in [9.17, 15) is 9.59 Å². The number of anilines is 1. The second-order valence-electron chi connectivity index (χ2n) is 4.09. The molecule has 0 bridgehead atoms. The number of aryl methyl sites for hydroxylation is 2. The Labute approximate surface area is 102 Å². The second-order valence-corrected chi connectivity index (χ2v) is 4.09. The Kier molecular flexibility index (Phi) is 4.88. The van der Waals surface area contributed by atoms with E-state index in [4.69, 9.17) is 0 Å². The fraction of sp³-hybridized carbons (Fsp3) is 0.429. The van der Waals surface area contributed by atoms with Gasteiger partial charge in [-0.2, -0.15) is 0 Å². The van der Waals surface area contributed by atoms with E-state index in [1.165, 1.54) is 6.92 Å². The first-order chi connectivity index (χ1) is 8.08. The van der Waals surface area contributed by atoms with Crippen molar-refractivity contribution in [1.82, 2.24) is 0 Å². The molecule has 0 spiro atoms. The average Bonchev–Trinajstić information content (AvgIpc) is 2.28. The zero-order valence-electron chi connectivity index (χ0n) is 10.7. The first kappa shape index (κ1) is 13.4. The van der Waals surface area contributed by atoms with Crippen LogP contribution in [0.1, 0.15) is 38.3 Å². The van der Waals surface area contributed by atoms with Crippen LogP contribution >= 0.6 is 0 Å². The molecule has 0 unspecified atom stereocenters. The molecular weight excluding hydrogens is 214 g/mol. The Morgan fingerprint density at radius 1 is 1.12 bits per heavy atom. The van der Waals surface area contributed by atoms with Gasteiger partial charge in [0.2, 0.25) is 5.91 Å². The topological polar surface area (TPSA) is 46.2 Å². The number of nitrogens with one attached hydrogen (secondary N) is 1. The SMILES string of the molecule is CCc1cccc(CC)c1NC(=O)CC(C)=O. The largest absolute Gasteiger partial charge is 0.325 e. The van der Waals surface area contributed by atoms with Crippen LogP contribution in [0.15, 0.2) is 18.2 Å². The van der Waals surface area contributed by atoms with Crippen molar-refractivity contribution >= 4 is 17.4 Å². The van der Waals surface area contributed by atoms with Crippen LogP contribution in [0, 0.1) is 0 Å². The van der Waals surface area contributed by atoms with Crippen LogP contribution in [0.5, 0.6) is 0 Å². The minimum Gasteiger partial charge on any atom is -0.325 e. The number of hydrogen-bond acceptors (Lipinski definition) is 2. The van der Waals surface area contributed by atoms with E-state index < -0.39 is 0 Å². The van der Waals surface area contributed by atoms with E-state index in [2.05, 4.69) is 19.2 Å². The van der Waals surface area contributed by atoms with E-state index in [0.29, 0.717) is 0 Å². The molecule has 0 heterocycles. The minimum atomic E-state index is -0.229. The van der Waals surface area contributed by atoms with Crippen molar-refractivity contribution in [3.05, 3.63) is 29.3 Å². The van der Waals surface area contributed by atoms with Gasteiger partial charge < -0.3 is 5.32 Å². The number of carbonyl (C=O) groups is 2. The lowest BCUT2D eigenvalue weighted by molar-refractivity contribution is -0.124. The van der Waals surface area contributed by atoms with E-state index in [1.807, 2.05) is 18.2 Å². The normalized spacial score (nSPS) is 10.1. The quantitative estimate of drug-likeness (QED) is 0.795. The van der Waals surface area contributed by atoms with Crippen molar-refractivity contribution in [3.63, 3.8) is 0 Å². The molecule has 0 aromatic heterocycles. The molecule has 1 N–H and O–H groups in total. The molecule has 17 heavy (non-hydrogen) atoms. The van der Waals surface area contributed by atoms with Gasteiger partial charge in [0.15, 0.2) is 0 Å². The van der Waals surface area contributed by atoms with Crippen molar-refractivity contribution in [2.45, 2.75) is 40.0 Å². The molecule has 0 fully saturated rings. The van der Waals surface area contributed by atoms with Crippen molar-refractivity contribution in [2.24, 2.45) is 0 Å². The number of para-hydroxylation sites is 1. The summed E-state index contributed by atoms with van der Waals surface area (Å²) in [6.45, 7) is 5.52. The van der Waals surface area contributed by atoms with Gasteiger partial charge in [-0.1, -0.05) is 32.0 Å². The molecule has 3 nitrogen and oxygen atoms in total. The zero-order valence-corrected chi connectivity index (χ0v) is 10.7. The first-order valence-electron chi connectivity index (χ1n) is 5.98. The Morgan fingerprint density at radius 3 is 2.06 bits per heavy atom. The molecule has 0 saturated carbocycles. The highest BCUT2D eigenvalue weighted by atomic mass is 16.2. The van der Waals surface area contributed by atoms with E-state index in [0.717, 1.165) is 29.7 Å².